The van der Waals surface area contributed by atoms with Crippen molar-refractivity contribution < 1.29 is 28.9 Å². The summed E-state index contributed by atoms with van der Waals surface area (Å²) in [6.45, 7) is 3.82. The van der Waals surface area contributed by atoms with Gasteiger partial charge in [-0.25, -0.2) is 0 Å². The van der Waals surface area contributed by atoms with E-state index in [1.807, 2.05) is 6.07 Å². The number of rotatable bonds is 8. The predicted octanol–water partition coefficient (Wildman–Crippen LogP) is 5.73. The Morgan fingerprint density at radius 3 is 2.15 bits per heavy atom. The Kier molecular flexibility index (Phi) is 7.20. The fourth-order valence-electron chi connectivity index (χ4n) is 5.70. The zero-order chi connectivity index (χ0) is 28.6. The third-order valence-electron chi connectivity index (χ3n) is 7.43. The molecule has 0 unspecified atom stereocenters. The van der Waals surface area contributed by atoms with Gasteiger partial charge in [0.2, 0.25) is 5.75 Å². The molecule has 1 aliphatic heterocycles. The van der Waals surface area contributed by atoms with E-state index in [2.05, 4.69) is 11.9 Å². The summed E-state index contributed by atoms with van der Waals surface area (Å²) in [5, 5.41) is 26.3. The fourth-order valence-corrected chi connectivity index (χ4v) is 5.70. The lowest BCUT2D eigenvalue weighted by Gasteiger charge is -2.37. The molecule has 0 aromatic heterocycles. The van der Waals surface area contributed by atoms with Crippen LogP contribution in [0.15, 0.2) is 65.5 Å². The van der Waals surface area contributed by atoms with Crippen molar-refractivity contribution in [1.29, 1.82) is 0 Å². The van der Waals surface area contributed by atoms with Crippen LogP contribution in [0.3, 0.4) is 0 Å². The van der Waals surface area contributed by atoms with Crippen LogP contribution in [0.4, 0.5) is 11.4 Å². The number of Topliss-reactive ketones (excluding diaryl/α,β-unsaturated/α-hetero) is 2. The van der Waals surface area contributed by atoms with E-state index < -0.39 is 27.1 Å². The van der Waals surface area contributed by atoms with Gasteiger partial charge < -0.3 is 14.8 Å². The molecule has 0 amide bonds. The molecule has 11 nitrogen and oxygen atoms in total. The number of nitro groups is 2. The number of carbonyl (C=O) groups is 2. The predicted molar refractivity (Wildman–Crippen MR) is 144 cm³/mol. The highest BCUT2D eigenvalue weighted by Crippen LogP contribution is 2.48. The average Bonchev–Trinajstić information content (AvgIpc) is 2.93. The van der Waals surface area contributed by atoms with Crippen molar-refractivity contribution in [1.82, 2.24) is 5.32 Å². The van der Waals surface area contributed by atoms with E-state index in [0.29, 0.717) is 48.0 Å². The Hall–Kier alpha value is -4.80. The highest BCUT2D eigenvalue weighted by atomic mass is 16.6. The van der Waals surface area contributed by atoms with Gasteiger partial charge in [-0.3, -0.25) is 29.8 Å². The first-order chi connectivity index (χ1) is 19.2. The first-order valence-corrected chi connectivity index (χ1v) is 12.9. The maximum Gasteiger partial charge on any atom is 0.318 e. The number of benzene rings is 2. The quantitative estimate of drug-likeness (QED) is 0.249. The van der Waals surface area contributed by atoms with Gasteiger partial charge in [-0.15, -0.1) is 6.58 Å². The number of allylic oxidation sites excluding steroid dienone is 5. The van der Waals surface area contributed by atoms with Crippen molar-refractivity contribution in [2.75, 3.05) is 7.11 Å². The number of nitrogens with one attached hydrogen (secondary N) is 1. The van der Waals surface area contributed by atoms with Crippen LogP contribution in [0.1, 0.15) is 55.6 Å². The van der Waals surface area contributed by atoms with Gasteiger partial charge in [-0.1, -0.05) is 12.1 Å². The minimum absolute atomic E-state index is 0.00487. The van der Waals surface area contributed by atoms with Crippen LogP contribution in [0, 0.1) is 20.2 Å². The molecule has 40 heavy (non-hydrogen) atoms. The van der Waals surface area contributed by atoms with Gasteiger partial charge >= 0.3 is 5.69 Å². The van der Waals surface area contributed by atoms with Gasteiger partial charge in [-0.05, 0) is 49.8 Å². The van der Waals surface area contributed by atoms with Crippen LogP contribution in [0.2, 0.25) is 0 Å². The molecule has 2 aromatic carbocycles. The van der Waals surface area contributed by atoms with E-state index in [1.54, 1.807) is 12.1 Å². The lowest BCUT2D eigenvalue weighted by molar-refractivity contribution is -0.394. The summed E-state index contributed by atoms with van der Waals surface area (Å²) in [6.07, 6.45) is 5.61. The molecule has 0 saturated heterocycles. The molecular formula is C29H27N3O8. The Bertz CT molecular complexity index is 1500. The summed E-state index contributed by atoms with van der Waals surface area (Å²) >= 11 is 0. The van der Waals surface area contributed by atoms with Gasteiger partial charge in [0, 0.05) is 52.9 Å². The van der Waals surface area contributed by atoms with Gasteiger partial charge in [0.05, 0.1) is 23.0 Å². The number of hydrogen-bond acceptors (Lipinski definition) is 9. The van der Waals surface area contributed by atoms with Crippen molar-refractivity contribution >= 4 is 22.9 Å². The topological polar surface area (TPSA) is 151 Å². The standard InChI is InChI=1S/C29H27N3O8/c1-3-6-16-13-17(26-27-19(7-4-9-22(27)33)30-20-8-5-10-23(34)28(20)26)14-25(39-2)29(16)40-24-12-11-18(31(35)36)15-21(24)32(37)38/h3,11-15,26,30H,1,4-10H2,2H3. The summed E-state index contributed by atoms with van der Waals surface area (Å²) in [4.78, 5) is 47.9. The summed E-state index contributed by atoms with van der Waals surface area (Å²) in [7, 11) is 1.42. The van der Waals surface area contributed by atoms with E-state index in [9.17, 15) is 29.8 Å². The Labute approximate surface area is 229 Å². The number of methoxy groups -OCH3 is 1. The number of dihydropyridines is 1. The van der Waals surface area contributed by atoms with Crippen LogP contribution < -0.4 is 14.8 Å². The number of carbonyl (C=O) groups excluding carboxylic acids is 2. The molecule has 3 aliphatic rings. The zero-order valence-corrected chi connectivity index (χ0v) is 21.9. The van der Waals surface area contributed by atoms with Crippen molar-refractivity contribution in [3.8, 4) is 17.2 Å². The molecule has 5 rings (SSSR count). The van der Waals surface area contributed by atoms with Crippen molar-refractivity contribution in [2.24, 2.45) is 0 Å². The molecule has 11 heteroatoms. The molecule has 2 aliphatic carbocycles. The summed E-state index contributed by atoms with van der Waals surface area (Å²) < 4.78 is 11.7. The molecule has 1 N–H and O–H groups in total. The van der Waals surface area contributed by atoms with Gasteiger partial charge in [0.1, 0.15) is 0 Å². The Morgan fingerprint density at radius 1 is 0.950 bits per heavy atom. The molecule has 2 aromatic rings. The molecule has 0 saturated carbocycles. The largest absolute Gasteiger partial charge is 0.493 e. The third kappa shape index (κ3) is 4.74. The van der Waals surface area contributed by atoms with Gasteiger partial charge in [0.15, 0.2) is 23.1 Å². The lowest BCUT2D eigenvalue weighted by Crippen LogP contribution is -2.36. The first kappa shape index (κ1) is 26.8. The first-order valence-electron chi connectivity index (χ1n) is 12.9. The molecule has 0 radical (unpaired) electrons. The summed E-state index contributed by atoms with van der Waals surface area (Å²) in [5.41, 5.74) is 3.09. The number of nitro benzene ring substituents is 2. The van der Waals surface area contributed by atoms with Crippen LogP contribution in [0.5, 0.6) is 17.2 Å². The highest BCUT2D eigenvalue weighted by Gasteiger charge is 2.40. The third-order valence-corrected chi connectivity index (χ3v) is 7.43. The van der Waals surface area contributed by atoms with Gasteiger partial charge in [0.25, 0.3) is 5.69 Å². The number of ketones is 2. The summed E-state index contributed by atoms with van der Waals surface area (Å²) in [6, 6.07) is 6.63. The normalized spacial score (nSPS) is 17.1. The molecule has 0 atom stereocenters. The fraction of sp³-hybridized carbons (Fsp3) is 0.310. The second-order valence-electron chi connectivity index (χ2n) is 9.87. The van der Waals surface area contributed by atoms with E-state index in [0.717, 1.165) is 36.4 Å². The van der Waals surface area contributed by atoms with Gasteiger partial charge in [-0.2, -0.15) is 0 Å². The van der Waals surface area contributed by atoms with Crippen molar-refractivity contribution in [3.05, 3.63) is 96.9 Å². The molecule has 1 heterocycles. The SMILES string of the molecule is C=CCc1cc(C2C3=C(CCCC3=O)NC3=C2C(=O)CCC3)cc(OC)c1Oc1ccc([N+](=O)[O-])cc1[N+](=O)[O-]. The maximum atomic E-state index is 13.2. The monoisotopic (exact) mass is 545 g/mol. The molecule has 206 valence electrons. The molecule has 0 bridgehead atoms. The van der Waals surface area contributed by atoms with Crippen molar-refractivity contribution in [2.45, 2.75) is 50.9 Å². The second-order valence-corrected chi connectivity index (χ2v) is 9.87. The lowest BCUT2D eigenvalue weighted by atomic mass is 9.71. The molecular weight excluding hydrogens is 518 g/mol. The Balaban J connectivity index is 1.67. The van der Waals surface area contributed by atoms with Crippen LogP contribution >= 0.6 is 0 Å². The number of ether oxygens (including phenoxy) is 2. The minimum Gasteiger partial charge on any atom is -0.493 e. The second kappa shape index (κ2) is 10.8. The van der Waals surface area contributed by atoms with E-state index in [4.69, 9.17) is 9.47 Å². The van der Waals surface area contributed by atoms with E-state index in [1.165, 1.54) is 13.2 Å². The minimum atomic E-state index is -0.753. The van der Waals surface area contributed by atoms with Crippen LogP contribution in [-0.2, 0) is 16.0 Å². The van der Waals surface area contributed by atoms with Crippen molar-refractivity contribution in [3.63, 3.8) is 0 Å². The van der Waals surface area contributed by atoms with Crippen LogP contribution in [0.25, 0.3) is 0 Å². The smallest absolute Gasteiger partial charge is 0.318 e. The molecule has 0 fully saturated rings. The number of nitrogens with zero attached hydrogens (tertiary/aromatic N) is 2. The number of non-ortho nitro benzene ring substituents is 1. The average molecular weight is 546 g/mol. The van der Waals surface area contributed by atoms with Crippen LogP contribution in [-0.4, -0.2) is 28.5 Å². The zero-order valence-electron chi connectivity index (χ0n) is 21.9. The van der Waals surface area contributed by atoms with E-state index in [-0.39, 0.29) is 35.2 Å². The highest BCUT2D eigenvalue weighted by molar-refractivity contribution is 6.06. The molecule has 0 spiro atoms. The number of hydrogen-bond donors (Lipinski definition) is 1. The summed E-state index contributed by atoms with van der Waals surface area (Å²) in [5.74, 6) is -0.382. The Morgan fingerprint density at radius 2 is 1.60 bits per heavy atom. The van der Waals surface area contributed by atoms with E-state index >= 15 is 0 Å². The maximum absolute atomic E-state index is 13.2.